The van der Waals surface area contributed by atoms with Crippen molar-refractivity contribution in [2.24, 2.45) is 0 Å². The molecule has 1 aliphatic rings. The maximum Gasteiger partial charge on any atom is 0.239 e. The summed E-state index contributed by atoms with van der Waals surface area (Å²) in [7, 11) is 0. The van der Waals surface area contributed by atoms with E-state index in [1.54, 1.807) is 12.4 Å². The van der Waals surface area contributed by atoms with Gasteiger partial charge in [-0.25, -0.2) is 4.98 Å². The minimum absolute atomic E-state index is 0.0659. The van der Waals surface area contributed by atoms with E-state index in [1.165, 1.54) is 0 Å². The van der Waals surface area contributed by atoms with Gasteiger partial charge in [0.25, 0.3) is 0 Å². The highest BCUT2D eigenvalue weighted by molar-refractivity contribution is 5.94. The largest absolute Gasteiger partial charge is 0.379 e. The number of rotatable bonds is 4. The van der Waals surface area contributed by atoms with E-state index in [2.05, 4.69) is 25.4 Å². The van der Waals surface area contributed by atoms with Crippen LogP contribution in [0.4, 0.5) is 5.82 Å². The minimum Gasteiger partial charge on any atom is -0.379 e. The first-order valence-electron chi connectivity index (χ1n) is 8.56. The number of morpholine rings is 1. The second-order valence-electron chi connectivity index (χ2n) is 6.18. The molecular formula is C19H19N5O2. The van der Waals surface area contributed by atoms with Gasteiger partial charge in [0.15, 0.2) is 0 Å². The molecule has 0 radical (unpaired) electrons. The Balaban J connectivity index is 1.51. The second-order valence-corrected chi connectivity index (χ2v) is 6.18. The molecule has 132 valence electrons. The Morgan fingerprint density at radius 2 is 2.04 bits per heavy atom. The molecule has 1 aliphatic heterocycles. The number of hydrogen-bond donors (Lipinski definition) is 1. The van der Waals surface area contributed by atoms with Crippen molar-refractivity contribution in [3.63, 3.8) is 0 Å². The lowest BCUT2D eigenvalue weighted by Crippen LogP contribution is -2.41. The Morgan fingerprint density at radius 1 is 1.15 bits per heavy atom. The molecule has 7 nitrogen and oxygen atoms in total. The molecule has 26 heavy (non-hydrogen) atoms. The third kappa shape index (κ3) is 3.84. The highest BCUT2D eigenvalue weighted by Gasteiger charge is 2.14. The van der Waals surface area contributed by atoms with Crippen LogP contribution in [0.25, 0.3) is 22.0 Å². The highest BCUT2D eigenvalue weighted by atomic mass is 16.5. The van der Waals surface area contributed by atoms with E-state index >= 15 is 0 Å². The molecule has 0 atom stereocenters. The van der Waals surface area contributed by atoms with Crippen LogP contribution in [0.5, 0.6) is 0 Å². The summed E-state index contributed by atoms with van der Waals surface area (Å²) in [5.74, 6) is 0.482. The number of ether oxygens (including phenoxy) is 1. The van der Waals surface area contributed by atoms with E-state index in [9.17, 15) is 4.79 Å². The van der Waals surface area contributed by atoms with E-state index in [0.717, 1.165) is 35.1 Å². The van der Waals surface area contributed by atoms with E-state index in [4.69, 9.17) is 4.74 Å². The Bertz CT molecular complexity index is 910. The molecular weight excluding hydrogens is 330 g/mol. The number of nitrogens with one attached hydrogen (secondary N) is 1. The lowest BCUT2D eigenvalue weighted by atomic mass is 10.1. The van der Waals surface area contributed by atoms with Crippen molar-refractivity contribution in [2.45, 2.75) is 0 Å². The van der Waals surface area contributed by atoms with Crippen molar-refractivity contribution >= 4 is 22.5 Å². The fourth-order valence-electron chi connectivity index (χ4n) is 2.97. The average molecular weight is 349 g/mol. The van der Waals surface area contributed by atoms with Crippen LogP contribution in [0, 0.1) is 0 Å². The van der Waals surface area contributed by atoms with Gasteiger partial charge in [-0.2, -0.15) is 10.2 Å². The Labute approximate surface area is 151 Å². The number of pyridine rings is 1. The quantitative estimate of drug-likeness (QED) is 0.776. The summed E-state index contributed by atoms with van der Waals surface area (Å²) in [6, 6.07) is 11.7. The van der Waals surface area contributed by atoms with Gasteiger partial charge in [-0.3, -0.25) is 9.69 Å². The zero-order valence-electron chi connectivity index (χ0n) is 14.3. The van der Waals surface area contributed by atoms with Crippen molar-refractivity contribution in [2.75, 3.05) is 38.2 Å². The zero-order valence-corrected chi connectivity index (χ0v) is 14.3. The number of benzene rings is 1. The van der Waals surface area contributed by atoms with Gasteiger partial charge in [-0.05, 0) is 29.7 Å². The number of carbonyl (C=O) groups excluding carboxylic acids is 1. The molecule has 0 unspecified atom stereocenters. The van der Waals surface area contributed by atoms with Gasteiger partial charge in [0.1, 0.15) is 5.82 Å². The molecule has 2 aromatic heterocycles. The first-order valence-corrected chi connectivity index (χ1v) is 8.56. The first-order chi connectivity index (χ1) is 12.8. The van der Waals surface area contributed by atoms with Crippen LogP contribution in [-0.4, -0.2) is 58.8 Å². The number of aromatic nitrogens is 3. The fraction of sp³-hybridized carbons (Fsp3) is 0.263. The fourth-order valence-corrected chi connectivity index (χ4v) is 2.97. The van der Waals surface area contributed by atoms with E-state index in [1.807, 2.05) is 36.4 Å². The van der Waals surface area contributed by atoms with E-state index in [-0.39, 0.29) is 5.91 Å². The number of nitrogens with zero attached hydrogens (tertiary/aromatic N) is 4. The maximum atomic E-state index is 12.3. The molecule has 3 heterocycles. The van der Waals surface area contributed by atoms with Crippen LogP contribution in [0.3, 0.4) is 0 Å². The number of amides is 1. The Morgan fingerprint density at radius 3 is 2.85 bits per heavy atom. The molecule has 1 N–H and O–H groups in total. The summed E-state index contributed by atoms with van der Waals surface area (Å²) in [6.07, 6.45) is 3.41. The van der Waals surface area contributed by atoms with Crippen molar-refractivity contribution in [3.8, 4) is 11.3 Å². The lowest BCUT2D eigenvalue weighted by molar-refractivity contribution is -0.118. The summed E-state index contributed by atoms with van der Waals surface area (Å²) in [4.78, 5) is 18.7. The smallest absolute Gasteiger partial charge is 0.239 e. The molecule has 1 aromatic carbocycles. The van der Waals surface area contributed by atoms with Crippen molar-refractivity contribution in [1.82, 2.24) is 20.1 Å². The van der Waals surface area contributed by atoms with Gasteiger partial charge in [0.2, 0.25) is 5.91 Å². The Hall–Kier alpha value is -2.90. The van der Waals surface area contributed by atoms with Crippen molar-refractivity contribution < 1.29 is 9.53 Å². The third-order valence-corrected chi connectivity index (χ3v) is 4.33. The molecule has 1 fully saturated rings. The summed E-state index contributed by atoms with van der Waals surface area (Å²) in [6.45, 7) is 3.25. The standard InChI is InChI=1S/C19H19N5O2/c25-19(13-24-6-8-26-9-7-24)22-18-11-16-10-14(3-4-15(16)12-20-18)17-2-1-5-21-23-17/h1-5,10-12H,6-9,13H2,(H,20,22,25). The normalized spacial score (nSPS) is 15.1. The van der Waals surface area contributed by atoms with E-state index in [0.29, 0.717) is 25.6 Å². The monoisotopic (exact) mass is 349 g/mol. The molecule has 4 rings (SSSR count). The summed E-state index contributed by atoms with van der Waals surface area (Å²) < 4.78 is 5.30. The molecule has 7 heteroatoms. The van der Waals surface area contributed by atoms with Crippen LogP contribution in [0.15, 0.2) is 48.8 Å². The molecule has 0 saturated carbocycles. The summed E-state index contributed by atoms with van der Waals surface area (Å²) in [5.41, 5.74) is 1.78. The molecule has 0 spiro atoms. The second kappa shape index (κ2) is 7.55. The number of anilines is 1. The zero-order chi connectivity index (χ0) is 17.8. The van der Waals surface area contributed by atoms with Gasteiger partial charge < -0.3 is 10.1 Å². The third-order valence-electron chi connectivity index (χ3n) is 4.33. The van der Waals surface area contributed by atoms with Crippen LogP contribution >= 0.6 is 0 Å². The average Bonchev–Trinajstić information content (AvgIpc) is 2.69. The van der Waals surface area contributed by atoms with Gasteiger partial charge >= 0.3 is 0 Å². The van der Waals surface area contributed by atoms with E-state index < -0.39 is 0 Å². The van der Waals surface area contributed by atoms with Crippen LogP contribution in [-0.2, 0) is 9.53 Å². The van der Waals surface area contributed by atoms with Gasteiger partial charge in [-0.15, -0.1) is 0 Å². The van der Waals surface area contributed by atoms with Crippen LogP contribution in [0.2, 0.25) is 0 Å². The van der Waals surface area contributed by atoms with Crippen LogP contribution < -0.4 is 5.32 Å². The Kier molecular flexibility index (Phi) is 4.81. The molecule has 3 aromatic rings. The molecule has 0 bridgehead atoms. The molecule has 1 saturated heterocycles. The van der Waals surface area contributed by atoms with Crippen molar-refractivity contribution in [3.05, 3.63) is 48.8 Å². The minimum atomic E-state index is -0.0659. The summed E-state index contributed by atoms with van der Waals surface area (Å²) >= 11 is 0. The first kappa shape index (κ1) is 16.6. The predicted octanol–water partition coefficient (Wildman–Crippen LogP) is 1.96. The molecule has 1 amide bonds. The summed E-state index contributed by atoms with van der Waals surface area (Å²) in [5, 5.41) is 12.9. The predicted molar refractivity (Wildman–Crippen MR) is 98.7 cm³/mol. The maximum absolute atomic E-state index is 12.3. The van der Waals surface area contributed by atoms with Gasteiger partial charge in [0.05, 0.1) is 25.5 Å². The number of fused-ring (bicyclic) bond motifs is 1. The number of carbonyl (C=O) groups is 1. The van der Waals surface area contributed by atoms with Crippen molar-refractivity contribution in [1.29, 1.82) is 0 Å². The SMILES string of the molecule is O=C(CN1CCOCC1)Nc1cc2cc(-c3cccnn3)ccc2cn1. The lowest BCUT2D eigenvalue weighted by Gasteiger charge is -2.25. The molecule has 0 aliphatic carbocycles. The highest BCUT2D eigenvalue weighted by Crippen LogP contribution is 2.23. The van der Waals surface area contributed by atoms with Crippen LogP contribution in [0.1, 0.15) is 0 Å². The van der Waals surface area contributed by atoms with Gasteiger partial charge in [-0.1, -0.05) is 12.1 Å². The number of hydrogen-bond acceptors (Lipinski definition) is 6. The van der Waals surface area contributed by atoms with Gasteiger partial charge in [0, 0.05) is 36.4 Å². The topological polar surface area (TPSA) is 80.2 Å².